The summed E-state index contributed by atoms with van der Waals surface area (Å²) < 4.78 is 7.42. The van der Waals surface area contributed by atoms with Crippen molar-refractivity contribution in [1.82, 2.24) is 14.8 Å². The second kappa shape index (κ2) is 8.66. The van der Waals surface area contributed by atoms with E-state index in [0.717, 1.165) is 24.2 Å². The van der Waals surface area contributed by atoms with Crippen molar-refractivity contribution < 1.29 is 9.21 Å². The number of likely N-dealkylation sites (tertiary alicyclic amines) is 1. The van der Waals surface area contributed by atoms with Gasteiger partial charge in [-0.15, -0.1) is 0 Å². The fourth-order valence-corrected chi connectivity index (χ4v) is 4.15. The number of rotatable bonds is 5. The SMILES string of the molecule is Cn1cccc1C(CNC(=O)c1cc2ccccc2oc1=O)N1CCCCCC1. The number of carbonyl (C=O) groups is 1. The van der Waals surface area contributed by atoms with E-state index in [9.17, 15) is 9.59 Å². The number of aryl methyl sites for hydroxylation is 1. The highest BCUT2D eigenvalue weighted by Crippen LogP contribution is 2.24. The Bertz CT molecular complexity index is 1040. The van der Waals surface area contributed by atoms with Crippen LogP contribution in [-0.2, 0) is 7.05 Å². The number of aromatic nitrogens is 1. The van der Waals surface area contributed by atoms with Gasteiger partial charge in [-0.25, -0.2) is 4.79 Å². The number of hydrogen-bond donors (Lipinski definition) is 1. The highest BCUT2D eigenvalue weighted by Gasteiger charge is 2.25. The topological polar surface area (TPSA) is 67.5 Å². The van der Waals surface area contributed by atoms with Crippen molar-refractivity contribution in [3.05, 3.63) is 70.3 Å². The van der Waals surface area contributed by atoms with Gasteiger partial charge in [0, 0.05) is 30.9 Å². The van der Waals surface area contributed by atoms with Crippen LogP contribution in [0.25, 0.3) is 11.0 Å². The molecule has 152 valence electrons. The molecule has 1 aliphatic rings. The number of hydrogen-bond acceptors (Lipinski definition) is 4. The first-order valence-corrected chi connectivity index (χ1v) is 10.3. The van der Waals surface area contributed by atoms with E-state index < -0.39 is 11.5 Å². The van der Waals surface area contributed by atoms with Gasteiger partial charge in [-0.1, -0.05) is 31.0 Å². The molecule has 1 fully saturated rings. The standard InChI is InChI=1S/C23H27N3O3/c1-25-12-8-10-19(25)20(26-13-6-2-3-7-14-26)16-24-22(27)18-15-17-9-4-5-11-21(17)29-23(18)28/h4-5,8-12,15,20H,2-3,6-7,13-14,16H2,1H3,(H,24,27). The Balaban J connectivity index is 1.55. The molecule has 1 saturated heterocycles. The van der Waals surface area contributed by atoms with Crippen LogP contribution in [0.4, 0.5) is 0 Å². The molecule has 0 radical (unpaired) electrons. The summed E-state index contributed by atoms with van der Waals surface area (Å²) in [6.07, 6.45) is 6.87. The Morgan fingerprint density at radius 2 is 1.86 bits per heavy atom. The van der Waals surface area contributed by atoms with Crippen molar-refractivity contribution in [3.63, 3.8) is 0 Å². The molecule has 29 heavy (non-hydrogen) atoms. The number of para-hydroxylation sites is 1. The molecule has 0 spiro atoms. The zero-order valence-corrected chi connectivity index (χ0v) is 16.8. The molecular formula is C23H27N3O3. The molecule has 0 aliphatic carbocycles. The summed E-state index contributed by atoms with van der Waals surface area (Å²) in [4.78, 5) is 27.6. The molecule has 1 atom stereocenters. The summed E-state index contributed by atoms with van der Waals surface area (Å²) in [7, 11) is 2.03. The summed E-state index contributed by atoms with van der Waals surface area (Å²) in [5, 5.41) is 3.72. The van der Waals surface area contributed by atoms with Crippen LogP contribution in [0.3, 0.4) is 0 Å². The van der Waals surface area contributed by atoms with Gasteiger partial charge in [0.05, 0.1) is 6.04 Å². The lowest BCUT2D eigenvalue weighted by Gasteiger charge is -2.31. The van der Waals surface area contributed by atoms with E-state index in [-0.39, 0.29) is 11.6 Å². The minimum absolute atomic E-state index is 0.0465. The molecule has 1 aliphatic heterocycles. The van der Waals surface area contributed by atoms with Gasteiger partial charge in [0.15, 0.2) is 0 Å². The first-order chi connectivity index (χ1) is 14.1. The van der Waals surface area contributed by atoms with E-state index in [1.165, 1.54) is 25.7 Å². The largest absolute Gasteiger partial charge is 0.422 e. The lowest BCUT2D eigenvalue weighted by Crippen LogP contribution is -2.40. The molecule has 6 nitrogen and oxygen atoms in total. The van der Waals surface area contributed by atoms with Crippen LogP contribution >= 0.6 is 0 Å². The monoisotopic (exact) mass is 393 g/mol. The van der Waals surface area contributed by atoms with Crippen LogP contribution in [-0.4, -0.2) is 35.0 Å². The van der Waals surface area contributed by atoms with Gasteiger partial charge in [0.1, 0.15) is 11.1 Å². The summed E-state index contributed by atoms with van der Waals surface area (Å²) in [5.74, 6) is -0.390. The quantitative estimate of drug-likeness (QED) is 0.674. The van der Waals surface area contributed by atoms with Gasteiger partial charge in [0.25, 0.3) is 5.91 Å². The molecule has 0 saturated carbocycles. The van der Waals surface area contributed by atoms with E-state index in [4.69, 9.17) is 4.42 Å². The number of amides is 1. The Labute approximate surface area is 170 Å². The number of benzene rings is 1. The maximum atomic E-state index is 12.8. The van der Waals surface area contributed by atoms with Crippen LogP contribution < -0.4 is 10.9 Å². The molecular weight excluding hydrogens is 366 g/mol. The van der Waals surface area contributed by atoms with E-state index in [1.807, 2.05) is 31.4 Å². The van der Waals surface area contributed by atoms with E-state index >= 15 is 0 Å². The Morgan fingerprint density at radius 1 is 1.10 bits per heavy atom. The third kappa shape index (κ3) is 4.27. The molecule has 1 aromatic carbocycles. The predicted molar refractivity (Wildman–Crippen MR) is 113 cm³/mol. The summed E-state index contributed by atoms with van der Waals surface area (Å²) in [6.45, 7) is 2.48. The van der Waals surface area contributed by atoms with E-state index in [1.54, 1.807) is 18.2 Å². The summed E-state index contributed by atoms with van der Waals surface area (Å²) >= 11 is 0. The summed E-state index contributed by atoms with van der Waals surface area (Å²) in [5.41, 5.74) is 1.09. The lowest BCUT2D eigenvalue weighted by molar-refractivity contribution is 0.0928. The fourth-order valence-electron chi connectivity index (χ4n) is 4.15. The fraction of sp³-hybridized carbons (Fsp3) is 0.391. The van der Waals surface area contributed by atoms with Crippen molar-refractivity contribution in [2.75, 3.05) is 19.6 Å². The van der Waals surface area contributed by atoms with E-state index in [2.05, 4.69) is 20.9 Å². The number of nitrogens with zero attached hydrogens (tertiary/aromatic N) is 2. The molecule has 4 rings (SSSR count). The average molecular weight is 393 g/mol. The first-order valence-electron chi connectivity index (χ1n) is 10.3. The maximum Gasteiger partial charge on any atom is 0.349 e. The first kappa shape index (κ1) is 19.5. The molecule has 3 heterocycles. The Morgan fingerprint density at radius 3 is 2.59 bits per heavy atom. The normalized spacial score (nSPS) is 16.4. The van der Waals surface area contributed by atoms with Crippen LogP contribution in [0.2, 0.25) is 0 Å². The highest BCUT2D eigenvalue weighted by atomic mass is 16.4. The average Bonchev–Trinajstić information content (AvgIpc) is 2.97. The van der Waals surface area contributed by atoms with Crippen molar-refractivity contribution in [3.8, 4) is 0 Å². The predicted octanol–water partition coefficient (Wildman–Crippen LogP) is 3.48. The zero-order valence-electron chi connectivity index (χ0n) is 16.8. The number of fused-ring (bicyclic) bond motifs is 1. The smallest absolute Gasteiger partial charge is 0.349 e. The molecule has 1 unspecified atom stereocenters. The molecule has 1 N–H and O–H groups in total. The molecule has 0 bridgehead atoms. The van der Waals surface area contributed by atoms with Crippen LogP contribution in [0.1, 0.15) is 47.8 Å². The van der Waals surface area contributed by atoms with Crippen molar-refractivity contribution in [1.29, 1.82) is 0 Å². The van der Waals surface area contributed by atoms with Gasteiger partial charge in [0.2, 0.25) is 0 Å². The summed E-state index contributed by atoms with van der Waals surface area (Å²) in [6, 6.07) is 13.0. The molecule has 1 amide bonds. The molecule has 2 aromatic heterocycles. The van der Waals surface area contributed by atoms with Gasteiger partial charge in [-0.3, -0.25) is 9.69 Å². The second-order valence-electron chi connectivity index (χ2n) is 7.71. The van der Waals surface area contributed by atoms with Crippen molar-refractivity contribution >= 4 is 16.9 Å². The third-order valence-electron chi connectivity index (χ3n) is 5.75. The van der Waals surface area contributed by atoms with Gasteiger partial charge in [-0.2, -0.15) is 0 Å². The van der Waals surface area contributed by atoms with E-state index in [0.29, 0.717) is 12.1 Å². The van der Waals surface area contributed by atoms with Crippen molar-refractivity contribution in [2.45, 2.75) is 31.7 Å². The second-order valence-corrected chi connectivity index (χ2v) is 7.71. The molecule has 3 aromatic rings. The third-order valence-corrected chi connectivity index (χ3v) is 5.75. The van der Waals surface area contributed by atoms with Gasteiger partial charge < -0.3 is 14.3 Å². The Hall–Kier alpha value is -2.86. The molecule has 6 heteroatoms. The zero-order chi connectivity index (χ0) is 20.2. The van der Waals surface area contributed by atoms with Crippen LogP contribution in [0.5, 0.6) is 0 Å². The van der Waals surface area contributed by atoms with Gasteiger partial charge >= 0.3 is 5.63 Å². The lowest BCUT2D eigenvalue weighted by atomic mass is 10.1. The minimum atomic E-state index is -0.605. The van der Waals surface area contributed by atoms with Gasteiger partial charge in [-0.05, 0) is 50.2 Å². The Kier molecular flexibility index (Phi) is 5.81. The number of carbonyl (C=O) groups excluding carboxylic acids is 1. The maximum absolute atomic E-state index is 12.8. The minimum Gasteiger partial charge on any atom is -0.422 e. The van der Waals surface area contributed by atoms with Crippen molar-refractivity contribution in [2.24, 2.45) is 7.05 Å². The number of nitrogens with one attached hydrogen (secondary N) is 1. The van der Waals surface area contributed by atoms with Crippen LogP contribution in [0, 0.1) is 0 Å². The van der Waals surface area contributed by atoms with Crippen LogP contribution in [0.15, 0.2) is 57.9 Å². The highest BCUT2D eigenvalue weighted by molar-refractivity contribution is 5.96.